The lowest BCUT2D eigenvalue weighted by Crippen LogP contribution is -2.30. The van der Waals surface area contributed by atoms with Crippen LogP contribution in [-0.2, 0) is 16.0 Å². The molecule has 0 atom stereocenters. The Kier molecular flexibility index (Phi) is 7.38. The second-order valence-corrected chi connectivity index (χ2v) is 10.6. The van der Waals surface area contributed by atoms with E-state index in [2.05, 4.69) is 15.9 Å². The van der Waals surface area contributed by atoms with Gasteiger partial charge in [0.1, 0.15) is 0 Å². The van der Waals surface area contributed by atoms with Crippen molar-refractivity contribution in [2.75, 3.05) is 12.3 Å². The Morgan fingerprint density at radius 1 is 1.03 bits per heavy atom. The summed E-state index contributed by atoms with van der Waals surface area (Å²) in [6.07, 6.45) is 1.41. The van der Waals surface area contributed by atoms with Crippen LogP contribution in [0.5, 0.6) is 0 Å². The first kappa shape index (κ1) is 24.1. The van der Waals surface area contributed by atoms with Gasteiger partial charge in [0.15, 0.2) is 0 Å². The van der Waals surface area contributed by atoms with Gasteiger partial charge in [-0.15, -0.1) is 0 Å². The molecule has 2 aromatic carbocycles. The van der Waals surface area contributed by atoms with Crippen LogP contribution in [0.25, 0.3) is 0 Å². The molecular weight excluding hydrogens is 515 g/mol. The monoisotopic (exact) mass is 533 g/mol. The van der Waals surface area contributed by atoms with Crippen molar-refractivity contribution in [3.63, 3.8) is 0 Å². The molecule has 0 saturated carbocycles. The molecule has 0 spiro atoms. The molecule has 2 amide bonds. The maximum absolute atomic E-state index is 13.9. The summed E-state index contributed by atoms with van der Waals surface area (Å²) in [6, 6.07) is 10.6. The van der Waals surface area contributed by atoms with Crippen molar-refractivity contribution in [2.45, 2.75) is 24.3 Å². The maximum atomic E-state index is 13.9. The van der Waals surface area contributed by atoms with Crippen LogP contribution in [0.2, 0.25) is 0 Å². The van der Waals surface area contributed by atoms with Gasteiger partial charge in [-0.2, -0.15) is 20.5 Å². The molecule has 0 bridgehead atoms. The highest BCUT2D eigenvalue weighted by atomic mass is 79.9. The lowest BCUT2D eigenvalue weighted by atomic mass is 10.1. The number of fused-ring (bicyclic) bond motifs is 1. The van der Waals surface area contributed by atoms with E-state index in [-0.39, 0.29) is 16.3 Å². The first-order chi connectivity index (χ1) is 14.5. The number of thioether (sulfide) groups is 1. The van der Waals surface area contributed by atoms with E-state index >= 15 is 0 Å². The molecule has 1 heterocycles. The van der Waals surface area contributed by atoms with Crippen molar-refractivity contribution in [3.05, 3.63) is 69.2 Å². The number of nitrogens with zero attached hydrogens (tertiary/aromatic N) is 1. The normalized spacial score (nSPS) is 14.3. The molecule has 166 valence electrons. The molecule has 0 aromatic heterocycles. The molecule has 3 rings (SSSR count). The van der Waals surface area contributed by atoms with E-state index in [0.29, 0.717) is 29.8 Å². The van der Waals surface area contributed by atoms with Crippen LogP contribution in [0.1, 0.15) is 44.7 Å². The summed E-state index contributed by atoms with van der Waals surface area (Å²) in [6.45, 7) is 0.338. The first-order valence-corrected chi connectivity index (χ1v) is 12.9. The summed E-state index contributed by atoms with van der Waals surface area (Å²) in [5.41, 5.74) is -3.43. The van der Waals surface area contributed by atoms with E-state index in [1.165, 1.54) is 17.0 Å². The van der Waals surface area contributed by atoms with Crippen LogP contribution >= 0.6 is 35.3 Å². The molecular formula is C20H19BrF2NO5PS. The van der Waals surface area contributed by atoms with Crippen LogP contribution < -0.4 is 0 Å². The zero-order valence-corrected chi connectivity index (χ0v) is 19.4. The van der Waals surface area contributed by atoms with Crippen molar-refractivity contribution in [2.24, 2.45) is 0 Å². The third-order valence-corrected chi connectivity index (χ3v) is 7.53. The van der Waals surface area contributed by atoms with Gasteiger partial charge in [-0.1, -0.05) is 40.2 Å². The largest absolute Gasteiger partial charge is 0.399 e. The Morgan fingerprint density at radius 2 is 1.65 bits per heavy atom. The van der Waals surface area contributed by atoms with Crippen LogP contribution in [0.15, 0.2) is 46.9 Å². The van der Waals surface area contributed by atoms with Gasteiger partial charge in [0.25, 0.3) is 11.8 Å². The van der Waals surface area contributed by atoms with Crippen LogP contribution in [0.3, 0.4) is 0 Å². The quantitative estimate of drug-likeness (QED) is 0.268. The minimum absolute atomic E-state index is 0.0652. The number of alkyl halides is 2. The number of benzene rings is 2. The van der Waals surface area contributed by atoms with Gasteiger partial charge >= 0.3 is 13.3 Å². The number of carbonyl (C=O) groups is 2. The van der Waals surface area contributed by atoms with Crippen molar-refractivity contribution in [3.8, 4) is 0 Å². The molecule has 0 radical (unpaired) electrons. The second-order valence-electron chi connectivity index (χ2n) is 6.97. The third kappa shape index (κ3) is 5.09. The molecule has 31 heavy (non-hydrogen) atoms. The number of carbonyl (C=O) groups excluding carboxylic acids is 2. The Labute approximate surface area is 190 Å². The maximum Gasteiger partial charge on any atom is 0.399 e. The van der Waals surface area contributed by atoms with Gasteiger partial charge in [0.2, 0.25) is 0 Å². The first-order valence-electron chi connectivity index (χ1n) is 9.29. The SMILES string of the molecule is O=C1c2ccccc2C(=O)N1CCCCSCc1ccc(C(F)(F)P(=O)(O)O)c(Br)c1. The summed E-state index contributed by atoms with van der Waals surface area (Å²) >= 11 is 4.52. The Morgan fingerprint density at radius 3 is 2.19 bits per heavy atom. The average Bonchev–Trinajstić information content (AvgIpc) is 2.94. The molecule has 11 heteroatoms. The summed E-state index contributed by atoms with van der Waals surface area (Å²) < 4.78 is 38.7. The number of unbranched alkanes of at least 4 members (excludes halogenated alkanes) is 1. The molecule has 0 fully saturated rings. The molecule has 6 nitrogen and oxygen atoms in total. The van der Waals surface area contributed by atoms with E-state index in [4.69, 9.17) is 9.79 Å². The summed E-state index contributed by atoms with van der Waals surface area (Å²) in [5, 5.41) is 0. The molecule has 1 aliphatic rings. The van der Waals surface area contributed by atoms with Crippen molar-refractivity contribution in [1.29, 1.82) is 0 Å². The fourth-order valence-electron chi connectivity index (χ4n) is 3.16. The fourth-order valence-corrected chi connectivity index (χ4v) is 5.46. The number of hydrogen-bond acceptors (Lipinski definition) is 4. The Hall–Kier alpha value is -1.58. The number of amides is 2. The van der Waals surface area contributed by atoms with E-state index < -0.39 is 18.8 Å². The molecule has 1 aliphatic heterocycles. The van der Waals surface area contributed by atoms with Crippen molar-refractivity contribution in [1.82, 2.24) is 4.90 Å². The third-order valence-electron chi connectivity index (χ3n) is 4.79. The van der Waals surface area contributed by atoms with E-state index in [1.54, 1.807) is 36.0 Å². The smallest absolute Gasteiger partial charge is 0.320 e. The van der Waals surface area contributed by atoms with Crippen LogP contribution in [0.4, 0.5) is 8.78 Å². The van der Waals surface area contributed by atoms with Gasteiger partial charge < -0.3 is 9.79 Å². The number of rotatable bonds is 9. The molecule has 0 saturated heterocycles. The summed E-state index contributed by atoms with van der Waals surface area (Å²) in [7, 11) is -5.62. The van der Waals surface area contributed by atoms with Crippen LogP contribution in [-0.4, -0.2) is 38.8 Å². The van der Waals surface area contributed by atoms with E-state index in [0.717, 1.165) is 23.8 Å². The predicted molar refractivity (Wildman–Crippen MR) is 117 cm³/mol. The van der Waals surface area contributed by atoms with E-state index in [9.17, 15) is 22.9 Å². The van der Waals surface area contributed by atoms with Gasteiger partial charge in [-0.3, -0.25) is 19.1 Å². The average molecular weight is 534 g/mol. The Balaban J connectivity index is 1.45. The lowest BCUT2D eigenvalue weighted by Gasteiger charge is -2.19. The zero-order chi connectivity index (χ0) is 22.8. The van der Waals surface area contributed by atoms with Gasteiger partial charge in [0.05, 0.1) is 11.1 Å². The van der Waals surface area contributed by atoms with Gasteiger partial charge in [0, 0.05) is 22.3 Å². The van der Waals surface area contributed by atoms with Crippen LogP contribution in [0, 0.1) is 0 Å². The molecule has 0 aliphatic carbocycles. The number of hydrogen-bond donors (Lipinski definition) is 2. The highest BCUT2D eigenvalue weighted by molar-refractivity contribution is 9.10. The molecule has 0 unspecified atom stereocenters. The predicted octanol–water partition coefficient (Wildman–Crippen LogP) is 4.99. The number of imide groups is 1. The summed E-state index contributed by atoms with van der Waals surface area (Å²) in [4.78, 5) is 43.6. The van der Waals surface area contributed by atoms with E-state index in [1.807, 2.05) is 0 Å². The topological polar surface area (TPSA) is 94.9 Å². The second kappa shape index (κ2) is 9.50. The molecule has 2 aromatic rings. The zero-order valence-electron chi connectivity index (χ0n) is 16.1. The number of halogens is 3. The van der Waals surface area contributed by atoms with Crippen molar-refractivity contribution >= 4 is 47.1 Å². The standard InChI is InChI=1S/C20H19BrF2NO5PS/c21-17-11-13(7-8-16(17)20(22,23)30(27,28)29)12-31-10-4-3-9-24-18(25)14-5-1-2-6-15(14)19(24)26/h1-2,5-8,11H,3-4,9-10,12H2,(H2,27,28,29). The highest BCUT2D eigenvalue weighted by Gasteiger charge is 2.51. The Bertz CT molecular complexity index is 1030. The molecule has 2 N–H and O–H groups in total. The highest BCUT2D eigenvalue weighted by Crippen LogP contribution is 2.60. The van der Waals surface area contributed by atoms with Gasteiger partial charge in [-0.05, 0) is 42.4 Å². The minimum Gasteiger partial charge on any atom is -0.320 e. The summed E-state index contributed by atoms with van der Waals surface area (Å²) in [5.74, 6) is 0.713. The lowest BCUT2D eigenvalue weighted by molar-refractivity contribution is 0.0557. The van der Waals surface area contributed by atoms with Gasteiger partial charge in [-0.25, -0.2) is 0 Å². The van der Waals surface area contributed by atoms with Crippen molar-refractivity contribution < 1.29 is 32.7 Å². The minimum atomic E-state index is -5.62. The fraction of sp³-hybridized carbons (Fsp3) is 0.300.